The van der Waals surface area contributed by atoms with Gasteiger partial charge in [0.25, 0.3) is 0 Å². The molecular weight excluding hydrogens is 244 g/mol. The van der Waals surface area contributed by atoms with Gasteiger partial charge in [0.05, 0.1) is 10.8 Å². The highest BCUT2D eigenvalue weighted by molar-refractivity contribution is 8.00. The zero-order valence-corrected chi connectivity index (χ0v) is 10.7. The van der Waals surface area contributed by atoms with Crippen molar-refractivity contribution in [1.82, 2.24) is 5.32 Å². The van der Waals surface area contributed by atoms with Crippen LogP contribution < -0.4 is 11.1 Å². The lowest BCUT2D eigenvalue weighted by Gasteiger charge is -2.07. The summed E-state index contributed by atoms with van der Waals surface area (Å²) in [4.78, 5) is 12.2. The van der Waals surface area contributed by atoms with E-state index in [1.54, 1.807) is 18.2 Å². The largest absolute Gasteiger partial charge is 0.398 e. The molecule has 1 rings (SSSR count). The van der Waals surface area contributed by atoms with E-state index in [2.05, 4.69) is 5.32 Å². The van der Waals surface area contributed by atoms with Crippen LogP contribution in [0.5, 0.6) is 0 Å². The summed E-state index contributed by atoms with van der Waals surface area (Å²) in [5.74, 6) is 0.347. The van der Waals surface area contributed by atoms with Crippen LogP contribution in [0, 0.1) is 0 Å². The number of anilines is 1. The molecule has 0 aliphatic rings. The Morgan fingerprint density at radius 1 is 1.56 bits per heavy atom. The highest BCUT2D eigenvalue weighted by atomic mass is 35.5. The number of nitrogen functional groups attached to an aromatic ring is 1. The van der Waals surface area contributed by atoms with Crippen molar-refractivity contribution in [3.8, 4) is 0 Å². The molecule has 16 heavy (non-hydrogen) atoms. The predicted molar refractivity (Wildman–Crippen MR) is 69.9 cm³/mol. The Kier molecular flexibility index (Phi) is 5.49. The Bertz CT molecular complexity index is 351. The van der Waals surface area contributed by atoms with E-state index in [9.17, 15) is 4.79 Å². The van der Waals surface area contributed by atoms with Crippen molar-refractivity contribution in [3.63, 3.8) is 0 Å². The molecule has 0 heterocycles. The molecule has 0 atom stereocenters. The summed E-state index contributed by atoms with van der Waals surface area (Å²) in [5, 5.41) is 3.39. The van der Waals surface area contributed by atoms with Gasteiger partial charge in [-0.3, -0.25) is 4.79 Å². The van der Waals surface area contributed by atoms with E-state index in [0.717, 1.165) is 11.3 Å². The minimum absolute atomic E-state index is 0.00571. The standard InChI is InChI=1S/C11H15ClN2OS/c1-2-6-14-10(15)7-16-11-8(12)4-3-5-9(11)13/h3-5H,2,6-7,13H2,1H3,(H,14,15). The monoisotopic (exact) mass is 258 g/mol. The molecule has 0 saturated heterocycles. The molecule has 0 unspecified atom stereocenters. The van der Waals surface area contributed by atoms with Crippen LogP contribution in [-0.2, 0) is 4.79 Å². The number of benzene rings is 1. The maximum Gasteiger partial charge on any atom is 0.230 e. The molecule has 5 heteroatoms. The van der Waals surface area contributed by atoms with Crippen LogP contribution >= 0.6 is 23.4 Å². The van der Waals surface area contributed by atoms with Crippen molar-refractivity contribution in [2.75, 3.05) is 18.0 Å². The van der Waals surface area contributed by atoms with Gasteiger partial charge in [0, 0.05) is 17.1 Å². The number of amides is 1. The maximum absolute atomic E-state index is 11.4. The lowest BCUT2D eigenvalue weighted by molar-refractivity contribution is -0.118. The highest BCUT2D eigenvalue weighted by Crippen LogP contribution is 2.32. The number of halogens is 1. The number of hydrogen-bond acceptors (Lipinski definition) is 3. The van der Waals surface area contributed by atoms with Gasteiger partial charge in [0.2, 0.25) is 5.91 Å². The summed E-state index contributed by atoms with van der Waals surface area (Å²) in [6.07, 6.45) is 0.935. The van der Waals surface area contributed by atoms with Gasteiger partial charge in [-0.05, 0) is 18.6 Å². The highest BCUT2D eigenvalue weighted by Gasteiger charge is 2.07. The first-order valence-corrected chi connectivity index (χ1v) is 6.45. The molecule has 0 bridgehead atoms. The lowest BCUT2D eigenvalue weighted by atomic mass is 10.3. The summed E-state index contributed by atoms with van der Waals surface area (Å²) in [6, 6.07) is 5.33. The number of carbonyl (C=O) groups excluding carboxylic acids is 1. The van der Waals surface area contributed by atoms with Crippen molar-refractivity contribution in [2.45, 2.75) is 18.2 Å². The third kappa shape index (κ3) is 3.94. The van der Waals surface area contributed by atoms with Crippen LogP contribution in [0.1, 0.15) is 13.3 Å². The molecule has 0 aliphatic carbocycles. The molecule has 1 amide bonds. The number of carbonyl (C=O) groups is 1. The molecule has 0 radical (unpaired) electrons. The smallest absolute Gasteiger partial charge is 0.230 e. The van der Waals surface area contributed by atoms with E-state index in [-0.39, 0.29) is 5.91 Å². The van der Waals surface area contributed by atoms with Crippen LogP contribution in [-0.4, -0.2) is 18.2 Å². The van der Waals surface area contributed by atoms with Gasteiger partial charge < -0.3 is 11.1 Å². The zero-order chi connectivity index (χ0) is 12.0. The molecule has 88 valence electrons. The van der Waals surface area contributed by atoms with E-state index >= 15 is 0 Å². The third-order valence-corrected chi connectivity index (χ3v) is 3.50. The van der Waals surface area contributed by atoms with Crippen LogP contribution in [0.15, 0.2) is 23.1 Å². The summed E-state index contributed by atoms with van der Waals surface area (Å²) in [6.45, 7) is 2.72. The number of rotatable bonds is 5. The number of thioether (sulfide) groups is 1. The quantitative estimate of drug-likeness (QED) is 0.630. The van der Waals surface area contributed by atoms with Crippen LogP contribution in [0.4, 0.5) is 5.69 Å². The Labute approximate surface area is 105 Å². The van der Waals surface area contributed by atoms with Gasteiger partial charge in [-0.25, -0.2) is 0 Å². The Hall–Kier alpha value is -0.870. The Morgan fingerprint density at radius 3 is 2.94 bits per heavy atom. The zero-order valence-electron chi connectivity index (χ0n) is 9.13. The van der Waals surface area contributed by atoms with Crippen LogP contribution in [0.25, 0.3) is 0 Å². The van der Waals surface area contributed by atoms with Gasteiger partial charge >= 0.3 is 0 Å². The SMILES string of the molecule is CCCNC(=O)CSc1c(N)cccc1Cl. The topological polar surface area (TPSA) is 55.1 Å². The van der Waals surface area contributed by atoms with Gasteiger partial charge in [0.1, 0.15) is 0 Å². The van der Waals surface area contributed by atoms with Crippen LogP contribution in [0.3, 0.4) is 0 Å². The van der Waals surface area contributed by atoms with Crippen molar-refractivity contribution in [1.29, 1.82) is 0 Å². The molecule has 0 spiro atoms. The molecular formula is C11H15ClN2OS. The van der Waals surface area contributed by atoms with E-state index in [4.69, 9.17) is 17.3 Å². The number of nitrogens with two attached hydrogens (primary N) is 1. The van der Waals surface area contributed by atoms with E-state index in [1.807, 2.05) is 6.92 Å². The molecule has 0 saturated carbocycles. The predicted octanol–water partition coefficient (Wildman–Crippen LogP) is 2.54. The van der Waals surface area contributed by atoms with Gasteiger partial charge in [0.15, 0.2) is 0 Å². The first kappa shape index (κ1) is 13.2. The molecule has 0 aromatic heterocycles. The molecule has 3 nitrogen and oxygen atoms in total. The Balaban J connectivity index is 2.51. The molecule has 1 aromatic rings. The average molecular weight is 259 g/mol. The summed E-state index contributed by atoms with van der Waals surface area (Å²) in [5.41, 5.74) is 6.38. The maximum atomic E-state index is 11.4. The summed E-state index contributed by atoms with van der Waals surface area (Å²) >= 11 is 7.35. The first-order valence-electron chi connectivity index (χ1n) is 5.08. The fourth-order valence-electron chi connectivity index (χ4n) is 1.13. The minimum Gasteiger partial charge on any atom is -0.398 e. The first-order chi connectivity index (χ1) is 7.65. The lowest BCUT2D eigenvalue weighted by Crippen LogP contribution is -2.25. The fourth-order valence-corrected chi connectivity index (χ4v) is 2.29. The number of nitrogens with one attached hydrogen (secondary N) is 1. The van der Waals surface area contributed by atoms with Crippen molar-refractivity contribution < 1.29 is 4.79 Å². The van der Waals surface area contributed by atoms with E-state index in [1.165, 1.54) is 11.8 Å². The number of hydrogen-bond donors (Lipinski definition) is 2. The second-order valence-electron chi connectivity index (χ2n) is 3.30. The van der Waals surface area contributed by atoms with Crippen molar-refractivity contribution in [2.24, 2.45) is 0 Å². The average Bonchev–Trinajstić information content (AvgIpc) is 2.25. The van der Waals surface area contributed by atoms with Crippen molar-refractivity contribution in [3.05, 3.63) is 23.2 Å². The second-order valence-corrected chi connectivity index (χ2v) is 4.69. The van der Waals surface area contributed by atoms with Crippen LogP contribution in [0.2, 0.25) is 5.02 Å². The summed E-state index contributed by atoms with van der Waals surface area (Å²) < 4.78 is 0. The van der Waals surface area contributed by atoms with Gasteiger partial charge in [-0.15, -0.1) is 11.8 Å². The van der Waals surface area contributed by atoms with Gasteiger partial charge in [-0.2, -0.15) is 0 Å². The molecule has 0 aliphatic heterocycles. The van der Waals surface area contributed by atoms with E-state index in [0.29, 0.717) is 23.0 Å². The van der Waals surface area contributed by atoms with E-state index < -0.39 is 0 Å². The minimum atomic E-state index is 0.00571. The molecule has 3 N–H and O–H groups in total. The summed E-state index contributed by atoms with van der Waals surface area (Å²) in [7, 11) is 0. The second kappa shape index (κ2) is 6.66. The molecule has 0 fully saturated rings. The third-order valence-electron chi connectivity index (χ3n) is 1.92. The van der Waals surface area contributed by atoms with Gasteiger partial charge in [-0.1, -0.05) is 24.6 Å². The fraction of sp³-hybridized carbons (Fsp3) is 0.364. The normalized spacial score (nSPS) is 10.1. The Morgan fingerprint density at radius 2 is 2.31 bits per heavy atom. The molecule has 1 aromatic carbocycles. The van der Waals surface area contributed by atoms with Crippen molar-refractivity contribution >= 4 is 35.0 Å².